The van der Waals surface area contributed by atoms with Gasteiger partial charge in [0.2, 0.25) is 5.91 Å². The van der Waals surface area contributed by atoms with Gasteiger partial charge in [-0.05, 0) is 36.1 Å². The van der Waals surface area contributed by atoms with Crippen LogP contribution in [0.15, 0.2) is 54.6 Å². The predicted molar refractivity (Wildman–Crippen MR) is 99.8 cm³/mol. The number of urea groups is 1. The van der Waals surface area contributed by atoms with Gasteiger partial charge in [-0.1, -0.05) is 42.5 Å². The number of nitrogens with one attached hydrogen (secondary N) is 1. The Bertz CT molecular complexity index is 865. The maximum absolute atomic E-state index is 13.1. The van der Waals surface area contributed by atoms with Gasteiger partial charge in [0.05, 0.1) is 19.1 Å². The molecule has 0 spiro atoms. The lowest BCUT2D eigenvalue weighted by Crippen LogP contribution is -2.31. The molecule has 0 aromatic heterocycles. The highest BCUT2D eigenvalue weighted by Gasteiger charge is 2.31. The van der Waals surface area contributed by atoms with E-state index in [1.807, 2.05) is 29.2 Å². The molecule has 4 amide bonds. The van der Waals surface area contributed by atoms with Crippen LogP contribution in [-0.2, 0) is 11.3 Å². The molecule has 6 nitrogen and oxygen atoms in total. The third kappa shape index (κ3) is 3.43. The lowest BCUT2D eigenvalue weighted by molar-refractivity contribution is -0.125. The molecule has 0 radical (unpaired) electrons. The first-order valence-corrected chi connectivity index (χ1v) is 9.16. The Morgan fingerprint density at radius 2 is 1.89 bits per heavy atom. The van der Waals surface area contributed by atoms with Gasteiger partial charge in [0, 0.05) is 12.1 Å². The standard InChI is InChI=1S/C21H21N3O3/c25-19-13-22-21(27)24(19)14-15-6-4-9-17(12-15)20(26)23-11-5-10-18(23)16-7-2-1-3-8-16/h1-4,6-9,12,18H,5,10-11,13-14H2,(H,22,27). The summed E-state index contributed by atoms with van der Waals surface area (Å²) in [4.78, 5) is 39.7. The summed E-state index contributed by atoms with van der Waals surface area (Å²) in [5.41, 5.74) is 2.50. The van der Waals surface area contributed by atoms with Crippen molar-refractivity contribution in [2.75, 3.05) is 13.1 Å². The second kappa shape index (κ2) is 7.23. The Labute approximate surface area is 157 Å². The van der Waals surface area contributed by atoms with Gasteiger partial charge in [0.15, 0.2) is 0 Å². The summed E-state index contributed by atoms with van der Waals surface area (Å²) in [5, 5.41) is 2.51. The smallest absolute Gasteiger partial charge is 0.324 e. The molecule has 6 heteroatoms. The number of imide groups is 1. The van der Waals surface area contributed by atoms with Gasteiger partial charge < -0.3 is 10.2 Å². The summed E-state index contributed by atoms with van der Waals surface area (Å²) < 4.78 is 0. The molecular formula is C21H21N3O3. The van der Waals surface area contributed by atoms with Crippen LogP contribution >= 0.6 is 0 Å². The van der Waals surface area contributed by atoms with E-state index >= 15 is 0 Å². The minimum Gasteiger partial charge on any atom is -0.332 e. The highest BCUT2D eigenvalue weighted by atomic mass is 16.2. The van der Waals surface area contributed by atoms with Gasteiger partial charge in [0.25, 0.3) is 5.91 Å². The first-order chi connectivity index (χ1) is 13.1. The average Bonchev–Trinajstić information content (AvgIpc) is 3.31. The Kier molecular flexibility index (Phi) is 4.62. The van der Waals surface area contributed by atoms with E-state index in [4.69, 9.17) is 0 Å². The summed E-state index contributed by atoms with van der Waals surface area (Å²) in [6.07, 6.45) is 1.94. The fraction of sp³-hybridized carbons (Fsp3) is 0.286. The molecule has 2 aliphatic rings. The van der Waals surface area contributed by atoms with Crippen LogP contribution in [-0.4, -0.2) is 40.7 Å². The van der Waals surface area contributed by atoms with Gasteiger partial charge in [-0.2, -0.15) is 0 Å². The number of benzene rings is 2. The number of carbonyl (C=O) groups excluding carboxylic acids is 3. The van der Waals surface area contributed by atoms with Crippen LogP contribution in [0.5, 0.6) is 0 Å². The Hall–Kier alpha value is -3.15. The van der Waals surface area contributed by atoms with E-state index in [-0.39, 0.29) is 37.0 Å². The molecule has 27 heavy (non-hydrogen) atoms. The minimum absolute atomic E-state index is 0.0135. The lowest BCUT2D eigenvalue weighted by atomic mass is 10.0. The molecule has 138 valence electrons. The molecule has 2 heterocycles. The quantitative estimate of drug-likeness (QED) is 0.849. The Balaban J connectivity index is 1.54. The molecule has 0 saturated carbocycles. The number of nitrogens with zero attached hydrogens (tertiary/aromatic N) is 2. The fourth-order valence-electron chi connectivity index (χ4n) is 3.80. The van der Waals surface area contributed by atoms with E-state index in [2.05, 4.69) is 17.4 Å². The molecule has 2 saturated heterocycles. The number of rotatable bonds is 4. The highest BCUT2D eigenvalue weighted by molar-refractivity contribution is 6.02. The summed E-state index contributed by atoms with van der Waals surface area (Å²) in [6, 6.07) is 17.0. The second-order valence-electron chi connectivity index (χ2n) is 6.91. The molecule has 1 N–H and O–H groups in total. The zero-order chi connectivity index (χ0) is 18.8. The summed E-state index contributed by atoms with van der Waals surface area (Å²) >= 11 is 0. The summed E-state index contributed by atoms with van der Waals surface area (Å²) in [5.74, 6) is -0.263. The molecule has 0 aliphatic carbocycles. The summed E-state index contributed by atoms with van der Waals surface area (Å²) in [6.45, 7) is 0.938. The van der Waals surface area contributed by atoms with Crippen molar-refractivity contribution in [2.24, 2.45) is 0 Å². The van der Waals surface area contributed by atoms with Crippen molar-refractivity contribution in [3.8, 4) is 0 Å². The second-order valence-corrected chi connectivity index (χ2v) is 6.91. The Morgan fingerprint density at radius 3 is 2.63 bits per heavy atom. The van der Waals surface area contributed by atoms with Crippen molar-refractivity contribution >= 4 is 17.8 Å². The third-order valence-electron chi connectivity index (χ3n) is 5.15. The number of hydrogen-bond donors (Lipinski definition) is 1. The largest absolute Gasteiger partial charge is 0.332 e. The first kappa shape index (κ1) is 17.3. The number of carbonyl (C=O) groups is 3. The molecule has 2 aromatic rings. The van der Waals surface area contributed by atoms with E-state index in [9.17, 15) is 14.4 Å². The van der Waals surface area contributed by atoms with E-state index < -0.39 is 0 Å². The SMILES string of the molecule is O=C1CNC(=O)N1Cc1cccc(C(=O)N2CCCC2c2ccccc2)c1. The van der Waals surface area contributed by atoms with Gasteiger partial charge in [-0.25, -0.2) is 4.79 Å². The minimum atomic E-state index is -0.389. The van der Waals surface area contributed by atoms with Crippen molar-refractivity contribution in [1.29, 1.82) is 0 Å². The molecule has 4 rings (SSSR count). The molecular weight excluding hydrogens is 342 g/mol. The number of hydrogen-bond acceptors (Lipinski definition) is 3. The summed E-state index contributed by atoms with van der Waals surface area (Å²) in [7, 11) is 0. The van der Waals surface area contributed by atoms with Gasteiger partial charge in [0.1, 0.15) is 0 Å². The monoisotopic (exact) mass is 363 g/mol. The third-order valence-corrected chi connectivity index (χ3v) is 5.15. The lowest BCUT2D eigenvalue weighted by Gasteiger charge is -2.25. The molecule has 2 aromatic carbocycles. The zero-order valence-corrected chi connectivity index (χ0v) is 14.9. The normalized spacial score (nSPS) is 19.5. The van der Waals surface area contributed by atoms with Crippen molar-refractivity contribution < 1.29 is 14.4 Å². The number of amides is 4. The maximum atomic E-state index is 13.1. The fourth-order valence-corrected chi connectivity index (χ4v) is 3.80. The molecule has 1 unspecified atom stereocenters. The van der Waals surface area contributed by atoms with Gasteiger partial charge >= 0.3 is 6.03 Å². The highest BCUT2D eigenvalue weighted by Crippen LogP contribution is 2.33. The topological polar surface area (TPSA) is 69.7 Å². The van der Waals surface area contributed by atoms with Crippen LogP contribution in [0.2, 0.25) is 0 Å². The van der Waals surface area contributed by atoms with Crippen molar-refractivity contribution in [3.05, 3.63) is 71.3 Å². The predicted octanol–water partition coefficient (Wildman–Crippen LogP) is 2.72. The van der Waals surface area contributed by atoms with E-state index in [0.717, 1.165) is 30.5 Å². The first-order valence-electron chi connectivity index (χ1n) is 9.16. The van der Waals surface area contributed by atoms with Crippen LogP contribution in [0, 0.1) is 0 Å². The van der Waals surface area contributed by atoms with E-state index in [0.29, 0.717) is 5.56 Å². The van der Waals surface area contributed by atoms with E-state index in [1.165, 1.54) is 4.90 Å². The zero-order valence-electron chi connectivity index (χ0n) is 14.9. The van der Waals surface area contributed by atoms with Crippen LogP contribution < -0.4 is 5.32 Å². The van der Waals surface area contributed by atoms with Crippen LogP contribution in [0.3, 0.4) is 0 Å². The van der Waals surface area contributed by atoms with Gasteiger partial charge in [-0.3, -0.25) is 14.5 Å². The average molecular weight is 363 g/mol. The molecule has 2 fully saturated rings. The van der Waals surface area contributed by atoms with Crippen LogP contribution in [0.4, 0.5) is 4.79 Å². The van der Waals surface area contributed by atoms with E-state index in [1.54, 1.807) is 18.2 Å². The van der Waals surface area contributed by atoms with Crippen molar-refractivity contribution in [1.82, 2.24) is 15.1 Å². The van der Waals surface area contributed by atoms with Crippen molar-refractivity contribution in [2.45, 2.75) is 25.4 Å². The maximum Gasteiger partial charge on any atom is 0.324 e. The van der Waals surface area contributed by atoms with Crippen LogP contribution in [0.1, 0.15) is 40.4 Å². The van der Waals surface area contributed by atoms with Gasteiger partial charge in [-0.15, -0.1) is 0 Å². The molecule has 1 atom stereocenters. The molecule has 0 bridgehead atoms. The van der Waals surface area contributed by atoms with Crippen molar-refractivity contribution in [3.63, 3.8) is 0 Å². The Morgan fingerprint density at radius 1 is 1.07 bits per heavy atom. The molecule has 2 aliphatic heterocycles. The van der Waals surface area contributed by atoms with Crippen LogP contribution in [0.25, 0.3) is 0 Å². The number of likely N-dealkylation sites (tertiary alicyclic amines) is 1.